The Hall–Kier alpha value is -1.41. The number of aryl methyl sites for hydroxylation is 1. The Labute approximate surface area is 121 Å². The molecule has 20 heavy (non-hydrogen) atoms. The topological polar surface area (TPSA) is 26.3 Å². The highest BCUT2D eigenvalue weighted by atomic mass is 16.5. The molecule has 0 saturated carbocycles. The zero-order valence-electron chi connectivity index (χ0n) is 12.3. The van der Waals surface area contributed by atoms with E-state index in [0.717, 1.165) is 25.7 Å². The van der Waals surface area contributed by atoms with E-state index in [9.17, 15) is 4.79 Å². The highest BCUT2D eigenvalue weighted by Gasteiger charge is 2.35. The van der Waals surface area contributed by atoms with E-state index in [2.05, 4.69) is 37.8 Å². The van der Waals surface area contributed by atoms with Crippen LogP contribution in [0.5, 0.6) is 0 Å². The summed E-state index contributed by atoms with van der Waals surface area (Å²) in [6, 6.07) is 10.4. The zero-order valence-corrected chi connectivity index (χ0v) is 12.3. The number of hydrogen-bond donors (Lipinski definition) is 0. The third kappa shape index (κ3) is 3.80. The molecule has 2 heteroatoms. The molecule has 1 fully saturated rings. The lowest BCUT2D eigenvalue weighted by Crippen LogP contribution is -2.41. The summed E-state index contributed by atoms with van der Waals surface area (Å²) in [5, 5.41) is 0. The van der Waals surface area contributed by atoms with Crippen molar-refractivity contribution in [3.05, 3.63) is 48.6 Å². The fraction of sp³-hybridized carbons (Fsp3) is 0.500. The summed E-state index contributed by atoms with van der Waals surface area (Å²) in [4.78, 5) is 12.2. The molecule has 2 nitrogen and oxygen atoms in total. The molecule has 0 bridgehead atoms. The molecule has 0 radical (unpaired) electrons. The van der Waals surface area contributed by atoms with Gasteiger partial charge in [-0.05, 0) is 31.2 Å². The minimum absolute atomic E-state index is 0.0311. The van der Waals surface area contributed by atoms with Crippen molar-refractivity contribution in [2.45, 2.75) is 51.2 Å². The van der Waals surface area contributed by atoms with Gasteiger partial charge < -0.3 is 4.74 Å². The largest absolute Gasteiger partial charge is 0.373 e. The summed E-state index contributed by atoms with van der Waals surface area (Å²) >= 11 is 0. The summed E-state index contributed by atoms with van der Waals surface area (Å²) < 4.78 is 6.13. The smallest absolute Gasteiger partial charge is 0.141 e. The molecule has 1 aromatic carbocycles. The van der Waals surface area contributed by atoms with Gasteiger partial charge in [0, 0.05) is 12.3 Å². The van der Waals surface area contributed by atoms with Crippen molar-refractivity contribution in [1.29, 1.82) is 0 Å². The van der Waals surface area contributed by atoms with Gasteiger partial charge >= 0.3 is 0 Å². The molecule has 0 aromatic heterocycles. The highest BCUT2D eigenvalue weighted by molar-refractivity contribution is 5.82. The van der Waals surface area contributed by atoms with Gasteiger partial charge in [-0.25, -0.2) is 0 Å². The van der Waals surface area contributed by atoms with Crippen LogP contribution in [0.1, 0.15) is 38.2 Å². The van der Waals surface area contributed by atoms with E-state index in [1.54, 1.807) is 0 Å². The fourth-order valence-electron chi connectivity index (χ4n) is 3.01. The first kappa shape index (κ1) is 15.0. The summed E-state index contributed by atoms with van der Waals surface area (Å²) in [6.07, 6.45) is 6.02. The first-order valence-corrected chi connectivity index (χ1v) is 7.57. The van der Waals surface area contributed by atoms with Crippen LogP contribution in [0.3, 0.4) is 0 Å². The first-order valence-electron chi connectivity index (χ1n) is 7.57. The van der Waals surface area contributed by atoms with Crippen LogP contribution in [0.15, 0.2) is 43.0 Å². The van der Waals surface area contributed by atoms with E-state index in [1.165, 1.54) is 5.56 Å². The van der Waals surface area contributed by atoms with Gasteiger partial charge in [0.25, 0.3) is 0 Å². The van der Waals surface area contributed by atoms with Crippen molar-refractivity contribution in [2.75, 3.05) is 0 Å². The van der Waals surface area contributed by atoms with E-state index in [4.69, 9.17) is 4.74 Å². The lowest BCUT2D eigenvalue weighted by atomic mass is 9.85. The number of Topliss-reactive ketones (excluding diaryl/α,β-unsaturated/α-hetero) is 1. The van der Waals surface area contributed by atoms with E-state index >= 15 is 0 Å². The number of rotatable bonds is 6. The fourth-order valence-corrected chi connectivity index (χ4v) is 3.01. The minimum atomic E-state index is 0.0311. The number of ketones is 1. The van der Waals surface area contributed by atoms with Crippen LogP contribution in [-0.2, 0) is 16.0 Å². The molecule has 1 saturated heterocycles. The van der Waals surface area contributed by atoms with E-state index in [1.807, 2.05) is 12.1 Å². The summed E-state index contributed by atoms with van der Waals surface area (Å²) in [5.74, 6) is 0.434. The van der Waals surface area contributed by atoms with Crippen molar-refractivity contribution in [3.63, 3.8) is 0 Å². The molecule has 0 aliphatic carbocycles. The van der Waals surface area contributed by atoms with Crippen LogP contribution in [0, 0.1) is 5.92 Å². The molecule has 1 aliphatic rings. The van der Waals surface area contributed by atoms with Crippen molar-refractivity contribution < 1.29 is 9.53 Å². The lowest BCUT2D eigenvalue weighted by molar-refractivity contribution is -0.146. The number of carbonyl (C=O) groups excluding carboxylic acids is 1. The van der Waals surface area contributed by atoms with Gasteiger partial charge in [-0.1, -0.05) is 43.3 Å². The van der Waals surface area contributed by atoms with Gasteiger partial charge in [-0.3, -0.25) is 4.79 Å². The van der Waals surface area contributed by atoms with Crippen molar-refractivity contribution in [1.82, 2.24) is 0 Å². The third-order valence-electron chi connectivity index (χ3n) is 4.09. The molecule has 1 aliphatic heterocycles. The van der Waals surface area contributed by atoms with Gasteiger partial charge in [0.15, 0.2) is 0 Å². The lowest BCUT2D eigenvalue weighted by Gasteiger charge is -2.35. The minimum Gasteiger partial charge on any atom is -0.373 e. The molecule has 3 atom stereocenters. The van der Waals surface area contributed by atoms with Gasteiger partial charge in [-0.2, -0.15) is 0 Å². The maximum atomic E-state index is 12.2. The second-order valence-electron chi connectivity index (χ2n) is 5.53. The molecule has 1 aromatic rings. The third-order valence-corrected chi connectivity index (χ3v) is 4.09. The van der Waals surface area contributed by atoms with Gasteiger partial charge in [0.05, 0.1) is 12.2 Å². The average molecular weight is 272 g/mol. The van der Waals surface area contributed by atoms with Gasteiger partial charge in [0.2, 0.25) is 0 Å². The van der Waals surface area contributed by atoms with Crippen LogP contribution >= 0.6 is 0 Å². The maximum Gasteiger partial charge on any atom is 0.141 e. The van der Waals surface area contributed by atoms with Gasteiger partial charge in [-0.15, -0.1) is 6.58 Å². The van der Waals surface area contributed by atoms with Gasteiger partial charge in [0.1, 0.15) is 5.78 Å². The second kappa shape index (κ2) is 7.39. The van der Waals surface area contributed by atoms with E-state index in [0.29, 0.717) is 12.2 Å². The van der Waals surface area contributed by atoms with Crippen molar-refractivity contribution in [3.8, 4) is 0 Å². The Balaban J connectivity index is 1.98. The van der Waals surface area contributed by atoms with Crippen LogP contribution < -0.4 is 0 Å². The van der Waals surface area contributed by atoms with Crippen molar-refractivity contribution in [2.24, 2.45) is 5.92 Å². The normalized spacial score (nSPS) is 26.4. The van der Waals surface area contributed by atoms with Crippen LogP contribution in [0.4, 0.5) is 0 Å². The predicted molar refractivity (Wildman–Crippen MR) is 81.6 cm³/mol. The SMILES string of the molecule is C=CC[C@H]1CC(=O)[C@H](CC)[C@@H](CCc2ccccc2)O1. The summed E-state index contributed by atoms with van der Waals surface area (Å²) in [5.41, 5.74) is 1.31. The van der Waals surface area contributed by atoms with Crippen molar-refractivity contribution >= 4 is 5.78 Å². The number of hydrogen-bond acceptors (Lipinski definition) is 2. The second-order valence-corrected chi connectivity index (χ2v) is 5.53. The van der Waals surface area contributed by atoms with Crippen LogP contribution in [0.2, 0.25) is 0 Å². The van der Waals surface area contributed by atoms with E-state index in [-0.39, 0.29) is 18.1 Å². The zero-order chi connectivity index (χ0) is 14.4. The quantitative estimate of drug-likeness (QED) is 0.733. The Morgan fingerprint density at radius 3 is 2.75 bits per heavy atom. The molecule has 0 amide bonds. The predicted octanol–water partition coefficient (Wildman–Crippen LogP) is 3.95. The molecule has 0 N–H and O–H groups in total. The molecular formula is C18H24O2. The Morgan fingerprint density at radius 2 is 2.10 bits per heavy atom. The molecule has 0 unspecified atom stereocenters. The average Bonchev–Trinajstić information content (AvgIpc) is 2.46. The Morgan fingerprint density at radius 1 is 1.35 bits per heavy atom. The number of benzene rings is 1. The highest BCUT2D eigenvalue weighted by Crippen LogP contribution is 2.29. The van der Waals surface area contributed by atoms with E-state index < -0.39 is 0 Å². The molecule has 108 valence electrons. The molecule has 0 spiro atoms. The standard InChI is InChI=1S/C18H24O2/c1-3-8-15-13-17(19)16(4-2)18(20-15)12-11-14-9-6-5-7-10-14/h3,5-7,9-10,15-16,18H,1,4,8,11-13H2,2H3/t15-,16-,18+/m0/s1. The number of ether oxygens (including phenoxy) is 1. The van der Waals surface area contributed by atoms with Crippen LogP contribution in [-0.4, -0.2) is 18.0 Å². The maximum absolute atomic E-state index is 12.2. The first-order chi connectivity index (χ1) is 9.74. The Bertz CT molecular complexity index is 438. The molecule has 2 rings (SSSR count). The van der Waals surface area contributed by atoms with Crippen LogP contribution in [0.25, 0.3) is 0 Å². The monoisotopic (exact) mass is 272 g/mol. The summed E-state index contributed by atoms with van der Waals surface area (Å²) in [7, 11) is 0. The summed E-state index contributed by atoms with van der Waals surface area (Å²) in [6.45, 7) is 5.82. The molecule has 1 heterocycles. The number of carbonyl (C=O) groups is 1. The Kier molecular flexibility index (Phi) is 5.54. The molecular weight excluding hydrogens is 248 g/mol.